The van der Waals surface area contributed by atoms with E-state index in [1.54, 1.807) is 14.0 Å². The molecule has 0 aliphatic heterocycles. The molecule has 0 saturated carbocycles. The number of hydrogen-bond donors (Lipinski definition) is 1. The van der Waals surface area contributed by atoms with Gasteiger partial charge in [-0.2, -0.15) is 0 Å². The lowest BCUT2D eigenvalue weighted by Crippen LogP contribution is -2.15. The van der Waals surface area contributed by atoms with Gasteiger partial charge in [0.25, 0.3) is 0 Å². The smallest absolute Gasteiger partial charge is 0.160 e. The van der Waals surface area contributed by atoms with Gasteiger partial charge < -0.3 is 18.9 Å². The molecule has 4 rings (SSSR count). The lowest BCUT2D eigenvalue weighted by molar-refractivity contribution is 0.173. The van der Waals surface area contributed by atoms with E-state index in [-0.39, 0.29) is 0 Å². The SMILES string of the molecule is COc1ccc(CCc2nc3cc(-c4c(C)noc4C)cnc3n2CC(C)O)cc1. The lowest BCUT2D eigenvalue weighted by atomic mass is 10.1. The molecule has 30 heavy (non-hydrogen) atoms. The van der Waals surface area contributed by atoms with E-state index < -0.39 is 6.10 Å². The number of rotatable bonds is 7. The van der Waals surface area contributed by atoms with Crippen molar-refractivity contribution in [2.75, 3.05) is 7.11 Å². The fraction of sp³-hybridized carbons (Fsp3) is 0.348. The van der Waals surface area contributed by atoms with Crippen LogP contribution in [0.1, 0.15) is 29.8 Å². The normalized spacial score (nSPS) is 12.4. The second-order valence-corrected chi connectivity index (χ2v) is 7.60. The third kappa shape index (κ3) is 3.93. The van der Waals surface area contributed by atoms with Gasteiger partial charge in [0, 0.05) is 23.7 Å². The Balaban J connectivity index is 1.68. The second kappa shape index (κ2) is 8.28. The molecule has 4 aromatic rings. The van der Waals surface area contributed by atoms with Crippen molar-refractivity contribution >= 4 is 11.2 Å². The Morgan fingerprint density at radius 2 is 1.93 bits per heavy atom. The molecule has 7 heteroatoms. The minimum absolute atomic E-state index is 0.451. The van der Waals surface area contributed by atoms with E-state index in [2.05, 4.69) is 22.3 Å². The molecule has 1 aromatic carbocycles. The van der Waals surface area contributed by atoms with E-state index in [0.29, 0.717) is 6.54 Å². The first-order chi connectivity index (χ1) is 14.5. The summed E-state index contributed by atoms with van der Waals surface area (Å²) in [6.07, 6.45) is 2.91. The van der Waals surface area contributed by atoms with Crippen LogP contribution in [0, 0.1) is 13.8 Å². The standard InChI is InChI=1S/C23H26N4O3/c1-14(28)13-27-21(10-7-17-5-8-19(29-4)9-6-17)25-20-11-18(12-24-23(20)27)22-15(2)26-30-16(22)3/h5-6,8-9,11-12,14,28H,7,10,13H2,1-4H3. The van der Waals surface area contributed by atoms with Gasteiger partial charge in [-0.1, -0.05) is 17.3 Å². The molecular formula is C23H26N4O3. The summed E-state index contributed by atoms with van der Waals surface area (Å²) in [5.74, 6) is 2.51. The van der Waals surface area contributed by atoms with Gasteiger partial charge in [0.05, 0.1) is 25.5 Å². The molecule has 0 amide bonds. The number of benzene rings is 1. The van der Waals surface area contributed by atoms with Crippen LogP contribution in [0.3, 0.4) is 0 Å². The monoisotopic (exact) mass is 406 g/mol. The zero-order valence-electron chi connectivity index (χ0n) is 17.7. The van der Waals surface area contributed by atoms with Crippen LogP contribution in [0.15, 0.2) is 41.1 Å². The van der Waals surface area contributed by atoms with Gasteiger partial charge in [0.15, 0.2) is 5.65 Å². The number of aliphatic hydroxyl groups excluding tert-OH is 1. The number of pyridine rings is 1. The van der Waals surface area contributed by atoms with E-state index >= 15 is 0 Å². The molecular weight excluding hydrogens is 380 g/mol. The first-order valence-corrected chi connectivity index (χ1v) is 10.1. The van der Waals surface area contributed by atoms with Gasteiger partial charge in [-0.15, -0.1) is 0 Å². The summed E-state index contributed by atoms with van der Waals surface area (Å²) in [5, 5.41) is 14.1. The molecule has 0 aliphatic rings. The van der Waals surface area contributed by atoms with Crippen molar-refractivity contribution in [1.29, 1.82) is 0 Å². The van der Waals surface area contributed by atoms with Gasteiger partial charge in [-0.25, -0.2) is 9.97 Å². The van der Waals surface area contributed by atoms with E-state index in [4.69, 9.17) is 14.2 Å². The largest absolute Gasteiger partial charge is 0.497 e. The summed E-state index contributed by atoms with van der Waals surface area (Å²) < 4.78 is 12.5. The Bertz CT molecular complexity index is 1140. The zero-order valence-corrected chi connectivity index (χ0v) is 17.7. The topological polar surface area (TPSA) is 86.2 Å². The van der Waals surface area contributed by atoms with E-state index in [0.717, 1.165) is 58.2 Å². The van der Waals surface area contributed by atoms with Crippen LogP contribution >= 0.6 is 0 Å². The Labute approximate surface area is 175 Å². The maximum atomic E-state index is 10.0. The second-order valence-electron chi connectivity index (χ2n) is 7.60. The fourth-order valence-electron chi connectivity index (χ4n) is 3.78. The highest BCUT2D eigenvalue weighted by Gasteiger charge is 2.17. The van der Waals surface area contributed by atoms with Crippen LogP contribution in [0.4, 0.5) is 0 Å². The summed E-state index contributed by atoms with van der Waals surface area (Å²) in [7, 11) is 1.66. The first kappa shape index (κ1) is 20.1. The van der Waals surface area contributed by atoms with Crippen LogP contribution in [-0.4, -0.2) is 38.0 Å². The van der Waals surface area contributed by atoms with Crippen molar-refractivity contribution in [2.45, 2.75) is 46.3 Å². The molecule has 0 radical (unpaired) electrons. The quantitative estimate of drug-likeness (QED) is 0.501. The summed E-state index contributed by atoms with van der Waals surface area (Å²) >= 11 is 0. The number of ether oxygens (including phenoxy) is 1. The number of hydrogen-bond acceptors (Lipinski definition) is 6. The van der Waals surface area contributed by atoms with Crippen molar-refractivity contribution in [3.63, 3.8) is 0 Å². The van der Waals surface area contributed by atoms with Crippen LogP contribution in [-0.2, 0) is 19.4 Å². The predicted molar refractivity (Wildman–Crippen MR) is 115 cm³/mol. The molecule has 3 heterocycles. The number of aliphatic hydroxyl groups is 1. The average Bonchev–Trinajstić information content (AvgIpc) is 3.25. The molecule has 156 valence electrons. The van der Waals surface area contributed by atoms with Gasteiger partial charge in [0.1, 0.15) is 22.9 Å². The van der Waals surface area contributed by atoms with Gasteiger partial charge in [0.2, 0.25) is 0 Å². The van der Waals surface area contributed by atoms with Crippen LogP contribution in [0.2, 0.25) is 0 Å². The zero-order chi connectivity index (χ0) is 21.3. The highest BCUT2D eigenvalue weighted by molar-refractivity contribution is 5.80. The number of methoxy groups -OCH3 is 1. The molecule has 0 aliphatic carbocycles. The van der Waals surface area contributed by atoms with Crippen LogP contribution in [0.25, 0.3) is 22.3 Å². The van der Waals surface area contributed by atoms with Gasteiger partial charge in [-0.3, -0.25) is 0 Å². The number of nitrogens with zero attached hydrogens (tertiary/aromatic N) is 4. The average molecular weight is 406 g/mol. The minimum Gasteiger partial charge on any atom is -0.497 e. The number of fused-ring (bicyclic) bond motifs is 1. The summed E-state index contributed by atoms with van der Waals surface area (Å²) in [6.45, 7) is 6.04. The summed E-state index contributed by atoms with van der Waals surface area (Å²) in [4.78, 5) is 9.53. The van der Waals surface area contributed by atoms with Gasteiger partial charge >= 0.3 is 0 Å². The fourth-order valence-corrected chi connectivity index (χ4v) is 3.78. The highest BCUT2D eigenvalue weighted by Crippen LogP contribution is 2.29. The third-order valence-electron chi connectivity index (χ3n) is 5.23. The van der Waals surface area contributed by atoms with E-state index in [1.807, 2.05) is 42.8 Å². The van der Waals surface area contributed by atoms with Crippen LogP contribution in [0.5, 0.6) is 5.75 Å². The van der Waals surface area contributed by atoms with E-state index in [9.17, 15) is 5.11 Å². The molecule has 0 fully saturated rings. The molecule has 1 N–H and O–H groups in total. The first-order valence-electron chi connectivity index (χ1n) is 10.1. The van der Waals surface area contributed by atoms with Crippen molar-refractivity contribution in [3.05, 3.63) is 59.4 Å². The molecule has 3 aromatic heterocycles. The van der Waals surface area contributed by atoms with Crippen molar-refractivity contribution in [2.24, 2.45) is 0 Å². The van der Waals surface area contributed by atoms with Crippen molar-refractivity contribution in [1.82, 2.24) is 19.7 Å². The Morgan fingerprint density at radius 3 is 2.57 bits per heavy atom. The van der Waals surface area contributed by atoms with Crippen molar-refractivity contribution in [3.8, 4) is 16.9 Å². The molecule has 7 nitrogen and oxygen atoms in total. The Kier molecular flexibility index (Phi) is 5.55. The Hall–Kier alpha value is -3.19. The highest BCUT2D eigenvalue weighted by atomic mass is 16.5. The molecule has 1 unspecified atom stereocenters. The Morgan fingerprint density at radius 1 is 1.17 bits per heavy atom. The summed E-state index contributed by atoms with van der Waals surface area (Å²) in [6, 6.07) is 10.1. The van der Waals surface area contributed by atoms with E-state index in [1.165, 1.54) is 5.56 Å². The number of imidazole rings is 1. The van der Waals surface area contributed by atoms with Gasteiger partial charge in [-0.05, 0) is 51.0 Å². The molecule has 1 atom stereocenters. The third-order valence-corrected chi connectivity index (χ3v) is 5.23. The lowest BCUT2D eigenvalue weighted by Gasteiger charge is -2.11. The summed E-state index contributed by atoms with van der Waals surface area (Å²) in [5.41, 5.74) is 5.50. The molecule has 0 bridgehead atoms. The molecule has 0 spiro atoms. The maximum absolute atomic E-state index is 10.0. The minimum atomic E-state index is -0.494. The maximum Gasteiger partial charge on any atom is 0.160 e. The number of aryl methyl sites for hydroxylation is 4. The van der Waals surface area contributed by atoms with Crippen LogP contribution < -0.4 is 4.74 Å². The molecule has 0 saturated heterocycles. The number of aromatic nitrogens is 4. The predicted octanol–water partition coefficient (Wildman–Crippen LogP) is 3.88. The van der Waals surface area contributed by atoms with Crippen molar-refractivity contribution < 1.29 is 14.4 Å².